The molecular weight excluding hydrogens is 234 g/mol. The molecule has 78 valence electrons. The van der Waals surface area contributed by atoms with E-state index in [1.165, 1.54) is 23.1 Å². The Labute approximate surface area is 93.9 Å². The SMILES string of the molecule is CSc1c(N=O)oc(O)c1-c1cccs1. The smallest absolute Gasteiger partial charge is 0.294 e. The molecule has 0 aliphatic heterocycles. The van der Waals surface area contributed by atoms with Crippen LogP contribution in [0.15, 0.2) is 32.0 Å². The van der Waals surface area contributed by atoms with E-state index in [0.29, 0.717) is 10.5 Å². The van der Waals surface area contributed by atoms with Crippen molar-refractivity contribution in [1.29, 1.82) is 0 Å². The number of furan rings is 1. The fraction of sp³-hybridized carbons (Fsp3) is 0.111. The zero-order valence-electron chi connectivity index (χ0n) is 7.76. The molecule has 0 aliphatic carbocycles. The minimum atomic E-state index is -0.253. The van der Waals surface area contributed by atoms with E-state index in [-0.39, 0.29) is 11.8 Å². The van der Waals surface area contributed by atoms with Gasteiger partial charge in [0.1, 0.15) is 0 Å². The minimum absolute atomic E-state index is 0.0663. The van der Waals surface area contributed by atoms with Crippen molar-refractivity contribution in [2.24, 2.45) is 5.18 Å². The summed E-state index contributed by atoms with van der Waals surface area (Å²) < 4.78 is 4.87. The summed E-state index contributed by atoms with van der Waals surface area (Å²) >= 11 is 2.79. The lowest BCUT2D eigenvalue weighted by atomic mass is 10.2. The Morgan fingerprint density at radius 1 is 1.60 bits per heavy atom. The average molecular weight is 241 g/mol. The number of hydrogen-bond donors (Lipinski definition) is 1. The molecule has 15 heavy (non-hydrogen) atoms. The molecule has 4 nitrogen and oxygen atoms in total. The molecule has 0 bridgehead atoms. The topological polar surface area (TPSA) is 62.8 Å². The summed E-state index contributed by atoms with van der Waals surface area (Å²) in [4.78, 5) is 11.9. The summed E-state index contributed by atoms with van der Waals surface area (Å²) in [6.45, 7) is 0. The monoisotopic (exact) mass is 241 g/mol. The third kappa shape index (κ3) is 1.66. The van der Waals surface area contributed by atoms with Gasteiger partial charge in [-0.2, -0.15) is 0 Å². The van der Waals surface area contributed by atoms with Crippen LogP contribution in [0.1, 0.15) is 0 Å². The van der Waals surface area contributed by atoms with Crippen LogP contribution in [0.25, 0.3) is 10.4 Å². The molecule has 2 aromatic rings. The van der Waals surface area contributed by atoms with E-state index < -0.39 is 0 Å². The second kappa shape index (κ2) is 4.08. The molecule has 0 radical (unpaired) electrons. The second-order valence-electron chi connectivity index (χ2n) is 2.69. The lowest BCUT2D eigenvalue weighted by Crippen LogP contribution is -1.71. The zero-order valence-corrected chi connectivity index (χ0v) is 9.39. The Hall–Kier alpha value is -1.27. The number of thiophene rings is 1. The van der Waals surface area contributed by atoms with Crippen molar-refractivity contribution in [2.45, 2.75) is 4.90 Å². The Morgan fingerprint density at radius 2 is 2.40 bits per heavy atom. The van der Waals surface area contributed by atoms with Crippen LogP contribution in [-0.4, -0.2) is 11.4 Å². The zero-order chi connectivity index (χ0) is 10.8. The molecule has 2 heterocycles. The summed E-state index contributed by atoms with van der Waals surface area (Å²) in [7, 11) is 0. The summed E-state index contributed by atoms with van der Waals surface area (Å²) in [6, 6.07) is 3.72. The van der Waals surface area contributed by atoms with Crippen molar-refractivity contribution in [1.82, 2.24) is 0 Å². The molecule has 0 aliphatic rings. The first-order valence-corrected chi connectivity index (χ1v) is 6.15. The van der Waals surface area contributed by atoms with Crippen LogP contribution in [-0.2, 0) is 0 Å². The van der Waals surface area contributed by atoms with Gasteiger partial charge in [0.15, 0.2) is 0 Å². The van der Waals surface area contributed by atoms with Crippen LogP contribution in [0.4, 0.5) is 5.88 Å². The average Bonchev–Trinajstić information content (AvgIpc) is 2.83. The van der Waals surface area contributed by atoms with Crippen molar-refractivity contribution in [3.8, 4) is 16.4 Å². The first-order chi connectivity index (χ1) is 7.27. The molecule has 0 atom stereocenters. The standard InChI is InChI=1S/C9H7NO3S2/c1-14-7-6(5-3-2-4-15-5)9(11)13-8(7)10-12/h2-4,11H,1H3. The van der Waals surface area contributed by atoms with Crippen molar-refractivity contribution in [2.75, 3.05) is 6.26 Å². The number of rotatable bonds is 3. The molecule has 0 aromatic carbocycles. The quantitative estimate of drug-likeness (QED) is 0.655. The highest BCUT2D eigenvalue weighted by molar-refractivity contribution is 7.98. The van der Waals surface area contributed by atoms with Gasteiger partial charge in [-0.1, -0.05) is 6.07 Å². The normalized spacial score (nSPS) is 10.5. The summed E-state index contributed by atoms with van der Waals surface area (Å²) in [5.74, 6) is -0.320. The Morgan fingerprint density at radius 3 is 2.93 bits per heavy atom. The predicted octanol–water partition coefficient (Wildman–Crippen LogP) is 3.83. The molecule has 0 saturated heterocycles. The van der Waals surface area contributed by atoms with E-state index in [0.717, 1.165) is 4.88 Å². The minimum Gasteiger partial charge on any atom is -0.480 e. The molecule has 2 aromatic heterocycles. The fourth-order valence-electron chi connectivity index (χ4n) is 1.28. The van der Waals surface area contributed by atoms with Crippen LogP contribution in [0.5, 0.6) is 5.95 Å². The van der Waals surface area contributed by atoms with E-state index >= 15 is 0 Å². The molecular formula is C9H7NO3S2. The maximum atomic E-state index is 10.5. The third-order valence-electron chi connectivity index (χ3n) is 1.88. The third-order valence-corrected chi connectivity index (χ3v) is 3.56. The number of hydrogen-bond acceptors (Lipinski definition) is 6. The predicted molar refractivity (Wildman–Crippen MR) is 60.9 cm³/mol. The van der Waals surface area contributed by atoms with Crippen molar-refractivity contribution < 1.29 is 9.52 Å². The molecule has 0 amide bonds. The first kappa shape index (κ1) is 10.3. The van der Waals surface area contributed by atoms with Crippen molar-refractivity contribution in [3.05, 3.63) is 22.4 Å². The highest BCUT2D eigenvalue weighted by atomic mass is 32.2. The lowest BCUT2D eigenvalue weighted by molar-refractivity contribution is 0.339. The van der Waals surface area contributed by atoms with E-state index in [1.807, 2.05) is 17.5 Å². The van der Waals surface area contributed by atoms with Gasteiger partial charge < -0.3 is 9.52 Å². The molecule has 0 saturated carbocycles. The van der Waals surface area contributed by atoms with Crippen LogP contribution >= 0.6 is 23.1 Å². The van der Waals surface area contributed by atoms with E-state index in [2.05, 4.69) is 5.18 Å². The molecule has 6 heteroatoms. The van der Waals surface area contributed by atoms with E-state index in [1.54, 1.807) is 6.26 Å². The summed E-state index contributed by atoms with van der Waals surface area (Å²) in [6.07, 6.45) is 1.80. The van der Waals surface area contributed by atoms with Crippen LogP contribution in [0.3, 0.4) is 0 Å². The molecule has 1 N–H and O–H groups in total. The van der Waals surface area contributed by atoms with Crippen molar-refractivity contribution in [3.63, 3.8) is 0 Å². The first-order valence-electron chi connectivity index (χ1n) is 4.05. The summed E-state index contributed by atoms with van der Waals surface area (Å²) in [5, 5.41) is 14.2. The Kier molecular flexibility index (Phi) is 2.79. The molecule has 2 rings (SSSR count). The highest BCUT2D eigenvalue weighted by Gasteiger charge is 2.22. The Balaban J connectivity index is 2.64. The summed E-state index contributed by atoms with van der Waals surface area (Å²) in [5.41, 5.74) is 0.548. The van der Waals surface area contributed by atoms with E-state index in [4.69, 9.17) is 4.42 Å². The van der Waals surface area contributed by atoms with E-state index in [9.17, 15) is 10.0 Å². The number of aromatic hydroxyl groups is 1. The maximum Gasteiger partial charge on any atom is 0.294 e. The molecule has 0 unspecified atom stereocenters. The lowest BCUT2D eigenvalue weighted by Gasteiger charge is -1.95. The fourth-order valence-corrected chi connectivity index (χ4v) is 2.77. The highest BCUT2D eigenvalue weighted by Crippen LogP contribution is 2.47. The number of nitroso groups, excluding NO2 is 1. The van der Waals surface area contributed by atoms with Crippen LogP contribution in [0.2, 0.25) is 0 Å². The maximum absolute atomic E-state index is 10.5. The number of thioether (sulfide) groups is 1. The largest absolute Gasteiger partial charge is 0.480 e. The Bertz CT molecular complexity index is 476. The van der Waals surface area contributed by atoms with Gasteiger partial charge in [0, 0.05) is 10.1 Å². The van der Waals surface area contributed by atoms with Gasteiger partial charge in [0.2, 0.25) is 0 Å². The number of nitrogens with zero attached hydrogens (tertiary/aromatic N) is 1. The molecule has 0 fully saturated rings. The molecule has 0 spiro atoms. The second-order valence-corrected chi connectivity index (χ2v) is 4.45. The van der Waals surface area contributed by atoms with Gasteiger partial charge in [0.05, 0.1) is 10.5 Å². The van der Waals surface area contributed by atoms with Gasteiger partial charge in [0.25, 0.3) is 11.8 Å². The van der Waals surface area contributed by atoms with Crippen LogP contribution < -0.4 is 0 Å². The van der Waals surface area contributed by atoms with Gasteiger partial charge >= 0.3 is 0 Å². The van der Waals surface area contributed by atoms with Gasteiger partial charge in [-0.25, -0.2) is 0 Å². The van der Waals surface area contributed by atoms with Gasteiger partial charge in [-0.3, -0.25) is 0 Å². The van der Waals surface area contributed by atoms with Gasteiger partial charge in [-0.05, 0) is 17.7 Å². The van der Waals surface area contributed by atoms with Gasteiger partial charge in [-0.15, -0.1) is 28.0 Å². The van der Waals surface area contributed by atoms with Crippen molar-refractivity contribution >= 4 is 29.0 Å². The van der Waals surface area contributed by atoms with Crippen LogP contribution in [0, 0.1) is 4.91 Å².